The number of rotatable bonds is 5. The largest absolute Gasteiger partial charge is 0.458 e. The van der Waals surface area contributed by atoms with Crippen molar-refractivity contribution in [1.29, 1.82) is 0 Å². The lowest BCUT2D eigenvalue weighted by Gasteiger charge is -2.44. The van der Waals surface area contributed by atoms with Gasteiger partial charge in [0.15, 0.2) is 5.60 Å². The minimum atomic E-state index is -1.44. The van der Waals surface area contributed by atoms with Crippen LogP contribution in [-0.4, -0.2) is 47.3 Å². The molecule has 1 N–H and O–H groups in total. The molecule has 1 saturated carbocycles. The van der Waals surface area contributed by atoms with Gasteiger partial charge in [0.1, 0.15) is 6.10 Å². The fourth-order valence-electron chi connectivity index (χ4n) is 4.35. The highest BCUT2D eigenvalue weighted by atomic mass is 16.6. The number of piperidine rings is 3. The Hall–Kier alpha value is -0.870. The third-order valence-electron chi connectivity index (χ3n) is 5.89. The predicted octanol–water partition coefficient (Wildman–Crippen LogP) is 2.76. The predicted molar refractivity (Wildman–Crippen MR) is 89.9 cm³/mol. The summed E-state index contributed by atoms with van der Waals surface area (Å²) in [7, 11) is 0. The lowest BCUT2D eigenvalue weighted by molar-refractivity contribution is -0.180. The Bertz CT molecular complexity index is 448. The maximum absolute atomic E-state index is 12.9. The molecule has 4 nitrogen and oxygen atoms in total. The highest BCUT2D eigenvalue weighted by molar-refractivity contribution is 5.82. The molecule has 0 spiro atoms. The second kappa shape index (κ2) is 6.94. The van der Waals surface area contributed by atoms with E-state index < -0.39 is 11.6 Å². The van der Waals surface area contributed by atoms with Crippen LogP contribution in [0.25, 0.3) is 0 Å². The van der Waals surface area contributed by atoms with Gasteiger partial charge in [0, 0.05) is 12.5 Å². The number of esters is 1. The highest BCUT2D eigenvalue weighted by Crippen LogP contribution is 2.38. The van der Waals surface area contributed by atoms with Gasteiger partial charge in [-0.15, -0.1) is 0 Å². The average Bonchev–Trinajstić information content (AvgIpc) is 3.08. The monoisotopic (exact) mass is 321 g/mol. The molecule has 4 rings (SSSR count). The quantitative estimate of drug-likeness (QED) is 0.625. The molecule has 3 heterocycles. The van der Waals surface area contributed by atoms with Crippen LogP contribution >= 0.6 is 0 Å². The molecule has 130 valence electrons. The van der Waals surface area contributed by atoms with Crippen molar-refractivity contribution in [3.8, 4) is 0 Å². The lowest BCUT2D eigenvalue weighted by Crippen LogP contribution is -2.54. The van der Waals surface area contributed by atoms with Crippen LogP contribution in [0.2, 0.25) is 0 Å². The SMILES string of the molecule is CC(C)/C=C/[C@@](O)(C(=O)O[C@@H]1CN2CCC1CC2)C1CCCC1. The number of carbonyl (C=O) groups excluding carboxylic acids is 1. The molecule has 0 aromatic heterocycles. The van der Waals surface area contributed by atoms with E-state index in [1.54, 1.807) is 6.08 Å². The fraction of sp³-hybridized carbons (Fsp3) is 0.842. The zero-order chi connectivity index (χ0) is 16.4. The summed E-state index contributed by atoms with van der Waals surface area (Å²) >= 11 is 0. The van der Waals surface area contributed by atoms with E-state index >= 15 is 0 Å². The zero-order valence-electron chi connectivity index (χ0n) is 14.5. The fourth-order valence-corrected chi connectivity index (χ4v) is 4.35. The van der Waals surface area contributed by atoms with Gasteiger partial charge in [-0.1, -0.05) is 32.8 Å². The highest BCUT2D eigenvalue weighted by Gasteiger charge is 2.46. The average molecular weight is 321 g/mol. The van der Waals surface area contributed by atoms with Crippen LogP contribution in [0, 0.1) is 17.8 Å². The number of hydrogen-bond acceptors (Lipinski definition) is 4. The van der Waals surface area contributed by atoms with E-state index in [9.17, 15) is 9.90 Å². The van der Waals surface area contributed by atoms with Crippen LogP contribution in [0.15, 0.2) is 12.2 Å². The molecule has 3 saturated heterocycles. The first-order valence-electron chi connectivity index (χ1n) is 9.34. The van der Waals surface area contributed by atoms with Gasteiger partial charge in [-0.25, -0.2) is 4.79 Å². The third-order valence-corrected chi connectivity index (χ3v) is 5.89. The molecular weight excluding hydrogens is 290 g/mol. The summed E-state index contributed by atoms with van der Waals surface area (Å²) in [6.45, 7) is 7.21. The molecule has 0 radical (unpaired) electrons. The van der Waals surface area contributed by atoms with E-state index in [1.165, 1.54) is 0 Å². The van der Waals surface area contributed by atoms with Crippen LogP contribution in [0.3, 0.4) is 0 Å². The van der Waals surface area contributed by atoms with E-state index in [0.29, 0.717) is 11.8 Å². The van der Waals surface area contributed by atoms with E-state index in [2.05, 4.69) is 18.7 Å². The summed E-state index contributed by atoms with van der Waals surface area (Å²) in [6, 6.07) is 0. The van der Waals surface area contributed by atoms with Crippen molar-refractivity contribution in [2.45, 2.75) is 64.1 Å². The van der Waals surface area contributed by atoms with E-state index in [0.717, 1.165) is 58.2 Å². The van der Waals surface area contributed by atoms with Gasteiger partial charge in [-0.05, 0) is 56.7 Å². The minimum absolute atomic E-state index is 0.00563. The van der Waals surface area contributed by atoms with Crippen LogP contribution in [-0.2, 0) is 9.53 Å². The molecule has 0 aromatic rings. The second-order valence-electron chi connectivity index (χ2n) is 7.99. The van der Waals surface area contributed by atoms with Crippen molar-refractivity contribution in [2.75, 3.05) is 19.6 Å². The summed E-state index contributed by atoms with van der Waals surface area (Å²) in [5.74, 6) is 0.379. The van der Waals surface area contributed by atoms with Crippen molar-refractivity contribution in [2.24, 2.45) is 17.8 Å². The van der Waals surface area contributed by atoms with Gasteiger partial charge in [0.05, 0.1) is 0 Å². The van der Waals surface area contributed by atoms with E-state index in [1.807, 2.05) is 6.08 Å². The van der Waals surface area contributed by atoms with Gasteiger partial charge < -0.3 is 9.84 Å². The molecule has 0 aromatic carbocycles. The standard InChI is InChI=1S/C19H31NO3/c1-14(2)7-10-19(22,16-5-3-4-6-16)18(21)23-17-13-20-11-8-15(17)9-12-20/h7,10,14-17,22H,3-6,8-9,11-13H2,1-2H3/b10-7+/t17-,19+/m1/s1. The summed E-state index contributed by atoms with van der Waals surface area (Å²) in [6.07, 6.45) is 9.86. The van der Waals surface area contributed by atoms with Gasteiger partial charge >= 0.3 is 5.97 Å². The Morgan fingerprint density at radius 3 is 2.39 bits per heavy atom. The number of allylic oxidation sites excluding steroid dienone is 1. The Labute approximate surface area is 139 Å². The first kappa shape index (κ1) is 17.0. The molecule has 3 aliphatic heterocycles. The van der Waals surface area contributed by atoms with E-state index in [-0.39, 0.29) is 12.0 Å². The van der Waals surface area contributed by atoms with Crippen molar-refractivity contribution in [1.82, 2.24) is 4.90 Å². The first-order chi connectivity index (χ1) is 11.0. The van der Waals surface area contributed by atoms with Crippen molar-refractivity contribution >= 4 is 5.97 Å². The van der Waals surface area contributed by atoms with Gasteiger partial charge in [-0.3, -0.25) is 4.90 Å². The Kier molecular flexibility index (Phi) is 5.12. The first-order valence-corrected chi connectivity index (χ1v) is 9.34. The molecule has 4 fully saturated rings. The Balaban J connectivity index is 1.72. The molecule has 2 bridgehead atoms. The van der Waals surface area contributed by atoms with Crippen molar-refractivity contribution in [3.05, 3.63) is 12.2 Å². The lowest BCUT2D eigenvalue weighted by atomic mass is 9.83. The van der Waals surface area contributed by atoms with Crippen LogP contribution in [0.5, 0.6) is 0 Å². The summed E-state index contributed by atoms with van der Waals surface area (Å²) < 4.78 is 5.85. The van der Waals surface area contributed by atoms with Gasteiger partial charge in [-0.2, -0.15) is 0 Å². The molecule has 23 heavy (non-hydrogen) atoms. The number of hydrogen-bond donors (Lipinski definition) is 1. The number of fused-ring (bicyclic) bond motifs is 3. The van der Waals surface area contributed by atoms with Gasteiger partial charge in [0.25, 0.3) is 0 Å². The minimum Gasteiger partial charge on any atom is -0.458 e. The summed E-state index contributed by atoms with van der Waals surface area (Å²) in [5, 5.41) is 11.2. The number of aliphatic hydroxyl groups is 1. The maximum Gasteiger partial charge on any atom is 0.342 e. The number of ether oxygens (including phenoxy) is 1. The normalized spacial score (nSPS) is 34.2. The smallest absolute Gasteiger partial charge is 0.342 e. The van der Waals surface area contributed by atoms with Crippen LogP contribution < -0.4 is 0 Å². The molecule has 0 unspecified atom stereocenters. The molecular formula is C19H31NO3. The Morgan fingerprint density at radius 2 is 1.87 bits per heavy atom. The Morgan fingerprint density at radius 1 is 1.22 bits per heavy atom. The van der Waals surface area contributed by atoms with Crippen molar-refractivity contribution < 1.29 is 14.6 Å². The van der Waals surface area contributed by atoms with Crippen LogP contribution in [0.4, 0.5) is 0 Å². The molecule has 4 aliphatic rings. The molecule has 4 heteroatoms. The summed E-state index contributed by atoms with van der Waals surface area (Å²) in [5.41, 5.74) is -1.44. The van der Waals surface area contributed by atoms with Gasteiger partial charge in [0.2, 0.25) is 0 Å². The zero-order valence-corrected chi connectivity index (χ0v) is 14.5. The maximum atomic E-state index is 12.9. The second-order valence-corrected chi connectivity index (χ2v) is 7.99. The summed E-state index contributed by atoms with van der Waals surface area (Å²) in [4.78, 5) is 15.2. The molecule has 2 atom stereocenters. The van der Waals surface area contributed by atoms with Crippen LogP contribution in [0.1, 0.15) is 52.4 Å². The number of nitrogens with zero attached hydrogens (tertiary/aromatic N) is 1. The number of carbonyl (C=O) groups is 1. The molecule has 1 aliphatic carbocycles. The topological polar surface area (TPSA) is 49.8 Å². The van der Waals surface area contributed by atoms with Crippen molar-refractivity contribution in [3.63, 3.8) is 0 Å². The third kappa shape index (κ3) is 3.63. The van der Waals surface area contributed by atoms with E-state index in [4.69, 9.17) is 4.74 Å². The molecule has 0 amide bonds.